The molecule has 148 valence electrons. The van der Waals surface area contributed by atoms with E-state index in [9.17, 15) is 0 Å². The van der Waals surface area contributed by atoms with Crippen molar-refractivity contribution < 1.29 is 0 Å². The molecule has 0 radical (unpaired) electrons. The fraction of sp³-hybridized carbons (Fsp3) is 0.789. The number of aliphatic imine (C=N–C) groups is 1. The average Bonchev–Trinajstić information content (AvgIpc) is 3.14. The summed E-state index contributed by atoms with van der Waals surface area (Å²) < 4.78 is 0. The van der Waals surface area contributed by atoms with Gasteiger partial charge >= 0.3 is 0 Å². The number of aromatic nitrogens is 1. The number of rotatable bonds is 5. The lowest BCUT2D eigenvalue weighted by Crippen LogP contribution is -2.50. The fourth-order valence-electron chi connectivity index (χ4n) is 4.00. The van der Waals surface area contributed by atoms with Crippen LogP contribution in [0.3, 0.4) is 0 Å². The average molecular weight is 491 g/mol. The third kappa shape index (κ3) is 6.34. The lowest BCUT2D eigenvalue weighted by Gasteiger charge is -2.39. The van der Waals surface area contributed by atoms with Gasteiger partial charge in [0.15, 0.2) is 5.96 Å². The van der Waals surface area contributed by atoms with Crippen LogP contribution in [0.25, 0.3) is 0 Å². The van der Waals surface area contributed by atoms with Gasteiger partial charge in [0.2, 0.25) is 0 Å². The van der Waals surface area contributed by atoms with Crippen molar-refractivity contribution in [2.75, 3.05) is 20.1 Å². The molecule has 1 saturated heterocycles. The van der Waals surface area contributed by atoms with Crippen LogP contribution in [-0.2, 0) is 13.0 Å². The molecule has 1 aromatic rings. The zero-order chi connectivity index (χ0) is 17.5. The molecule has 26 heavy (non-hydrogen) atoms. The van der Waals surface area contributed by atoms with Crippen molar-refractivity contribution in [1.82, 2.24) is 20.5 Å². The first-order chi connectivity index (χ1) is 12.3. The molecule has 0 aromatic carbocycles. The van der Waals surface area contributed by atoms with Gasteiger partial charge in [-0.1, -0.05) is 26.2 Å². The Kier molecular flexibility index (Phi) is 9.63. The second kappa shape index (κ2) is 11.4. The van der Waals surface area contributed by atoms with Crippen LogP contribution in [0.4, 0.5) is 0 Å². The van der Waals surface area contributed by atoms with Gasteiger partial charge in [0, 0.05) is 43.3 Å². The minimum absolute atomic E-state index is 0. The molecule has 0 spiro atoms. The predicted molar refractivity (Wildman–Crippen MR) is 122 cm³/mol. The van der Waals surface area contributed by atoms with E-state index in [0.29, 0.717) is 6.04 Å². The second-order valence-electron chi connectivity index (χ2n) is 7.25. The van der Waals surface area contributed by atoms with Crippen LogP contribution >= 0.6 is 35.3 Å². The Morgan fingerprint density at radius 2 is 1.96 bits per heavy atom. The highest BCUT2D eigenvalue weighted by molar-refractivity contribution is 14.0. The van der Waals surface area contributed by atoms with Gasteiger partial charge in [0.05, 0.1) is 6.54 Å². The number of thiazole rings is 1. The minimum atomic E-state index is 0. The lowest BCUT2D eigenvalue weighted by molar-refractivity contribution is 0.119. The third-order valence-electron chi connectivity index (χ3n) is 5.54. The van der Waals surface area contributed by atoms with Crippen molar-refractivity contribution in [2.24, 2.45) is 4.99 Å². The number of aryl methyl sites for hydroxylation is 1. The second-order valence-corrected chi connectivity index (χ2v) is 8.45. The molecule has 0 bridgehead atoms. The molecule has 2 N–H and O–H groups in total. The molecule has 2 fully saturated rings. The van der Waals surface area contributed by atoms with Gasteiger partial charge in [-0.15, -0.1) is 35.3 Å². The van der Waals surface area contributed by atoms with E-state index in [1.165, 1.54) is 62.9 Å². The van der Waals surface area contributed by atoms with Gasteiger partial charge in [-0.3, -0.25) is 4.99 Å². The van der Waals surface area contributed by atoms with Crippen LogP contribution in [0, 0.1) is 0 Å². The van der Waals surface area contributed by atoms with Gasteiger partial charge in [-0.25, -0.2) is 4.98 Å². The highest BCUT2D eigenvalue weighted by Crippen LogP contribution is 2.25. The van der Waals surface area contributed by atoms with Crippen molar-refractivity contribution in [3.05, 3.63) is 16.1 Å². The number of hydrogen-bond acceptors (Lipinski definition) is 4. The Bertz CT molecular complexity index is 548. The molecule has 1 aliphatic carbocycles. The van der Waals surface area contributed by atoms with Crippen LogP contribution in [0.5, 0.6) is 0 Å². The minimum Gasteiger partial charge on any atom is -0.354 e. The van der Waals surface area contributed by atoms with Crippen LogP contribution in [0.15, 0.2) is 11.2 Å². The van der Waals surface area contributed by atoms with Crippen LogP contribution < -0.4 is 10.6 Å². The van der Waals surface area contributed by atoms with E-state index in [0.717, 1.165) is 30.0 Å². The Morgan fingerprint density at radius 3 is 2.58 bits per heavy atom. The van der Waals surface area contributed by atoms with E-state index < -0.39 is 0 Å². The van der Waals surface area contributed by atoms with Crippen molar-refractivity contribution in [3.8, 4) is 0 Å². The van der Waals surface area contributed by atoms with Crippen molar-refractivity contribution in [1.29, 1.82) is 0 Å². The number of likely N-dealkylation sites (tertiary alicyclic amines) is 1. The summed E-state index contributed by atoms with van der Waals surface area (Å²) in [5.41, 5.74) is 0. The van der Waals surface area contributed by atoms with Gasteiger partial charge < -0.3 is 15.5 Å². The van der Waals surface area contributed by atoms with Crippen LogP contribution in [0.1, 0.15) is 61.8 Å². The zero-order valence-corrected chi connectivity index (χ0v) is 19.3. The SMILES string of the molecule is CCc1cnc(CNC(=NC)NC2CCN(C3CCCCC3)CC2)s1.I. The first-order valence-corrected chi connectivity index (χ1v) is 10.7. The number of guanidine groups is 1. The van der Waals surface area contributed by atoms with Crippen LogP contribution in [0.2, 0.25) is 0 Å². The number of nitrogens with one attached hydrogen (secondary N) is 2. The standard InChI is InChI=1S/C19H33N5S.HI/c1-3-17-13-21-18(25-17)14-22-19(20-2)23-15-9-11-24(12-10-15)16-7-5-4-6-8-16;/h13,15-16H,3-12,14H2,1-2H3,(H2,20,22,23);1H. The molecule has 0 amide bonds. The molecular weight excluding hydrogens is 457 g/mol. The van der Waals surface area contributed by atoms with E-state index in [2.05, 4.69) is 32.4 Å². The molecule has 5 nitrogen and oxygen atoms in total. The Morgan fingerprint density at radius 1 is 1.23 bits per heavy atom. The maximum atomic E-state index is 4.47. The van der Waals surface area contributed by atoms with E-state index in [-0.39, 0.29) is 24.0 Å². The molecule has 3 rings (SSSR count). The maximum Gasteiger partial charge on any atom is 0.191 e. The number of halogens is 1. The Balaban J connectivity index is 0.00000243. The Hall–Kier alpha value is -0.410. The summed E-state index contributed by atoms with van der Waals surface area (Å²) in [4.78, 5) is 12.9. The van der Waals surface area contributed by atoms with Crippen LogP contribution in [-0.4, -0.2) is 48.1 Å². The monoisotopic (exact) mass is 491 g/mol. The highest BCUT2D eigenvalue weighted by atomic mass is 127. The van der Waals surface area contributed by atoms with Crippen molar-refractivity contribution in [3.63, 3.8) is 0 Å². The number of hydrogen-bond donors (Lipinski definition) is 2. The fourth-order valence-corrected chi connectivity index (χ4v) is 4.80. The predicted octanol–water partition coefficient (Wildman–Crippen LogP) is 3.79. The molecule has 1 saturated carbocycles. The molecule has 0 atom stereocenters. The number of nitrogens with zero attached hydrogens (tertiary/aromatic N) is 3. The first kappa shape index (κ1) is 21.9. The topological polar surface area (TPSA) is 52.6 Å². The summed E-state index contributed by atoms with van der Waals surface area (Å²) in [5.74, 6) is 0.907. The summed E-state index contributed by atoms with van der Waals surface area (Å²) in [6.45, 7) is 5.38. The smallest absolute Gasteiger partial charge is 0.191 e. The summed E-state index contributed by atoms with van der Waals surface area (Å²) in [5, 5.41) is 8.16. The van der Waals surface area contributed by atoms with Gasteiger partial charge in [0.25, 0.3) is 0 Å². The van der Waals surface area contributed by atoms with Crippen molar-refractivity contribution in [2.45, 2.75) is 76.9 Å². The van der Waals surface area contributed by atoms with Gasteiger partial charge in [0.1, 0.15) is 5.01 Å². The third-order valence-corrected chi connectivity index (χ3v) is 6.68. The van der Waals surface area contributed by atoms with E-state index in [1.54, 1.807) is 11.3 Å². The molecule has 2 aliphatic rings. The van der Waals surface area contributed by atoms with Gasteiger partial charge in [-0.2, -0.15) is 0 Å². The molecule has 1 aliphatic heterocycles. The van der Waals surface area contributed by atoms with Gasteiger partial charge in [-0.05, 0) is 32.1 Å². The summed E-state index contributed by atoms with van der Waals surface area (Å²) in [7, 11) is 1.85. The molecule has 0 unspecified atom stereocenters. The summed E-state index contributed by atoms with van der Waals surface area (Å²) in [6.07, 6.45) is 12.6. The van der Waals surface area contributed by atoms with Crippen molar-refractivity contribution >= 4 is 41.3 Å². The molecular formula is C19H34IN5S. The molecule has 2 heterocycles. The number of piperidine rings is 1. The molecule has 1 aromatic heterocycles. The van der Waals surface area contributed by atoms with E-state index in [1.807, 2.05) is 13.2 Å². The lowest BCUT2D eigenvalue weighted by atomic mass is 9.92. The van der Waals surface area contributed by atoms with E-state index in [4.69, 9.17) is 0 Å². The summed E-state index contributed by atoms with van der Waals surface area (Å²) in [6, 6.07) is 1.39. The largest absolute Gasteiger partial charge is 0.354 e. The normalized spacial score (nSPS) is 20.6. The van der Waals surface area contributed by atoms with E-state index >= 15 is 0 Å². The first-order valence-electron chi connectivity index (χ1n) is 9.93. The maximum absolute atomic E-state index is 4.47. The highest BCUT2D eigenvalue weighted by Gasteiger charge is 2.26. The Labute approximate surface area is 179 Å². The quantitative estimate of drug-likeness (QED) is 0.374. The molecule has 7 heteroatoms. The summed E-state index contributed by atoms with van der Waals surface area (Å²) >= 11 is 1.78. The zero-order valence-electron chi connectivity index (χ0n) is 16.2.